The first-order chi connectivity index (χ1) is 7.77. The number of hydrogen-bond donors (Lipinski definition) is 1. The van der Waals surface area contributed by atoms with Gasteiger partial charge in [-0.05, 0) is 39.2 Å². The summed E-state index contributed by atoms with van der Waals surface area (Å²) in [6.45, 7) is 6.04. The van der Waals surface area contributed by atoms with Gasteiger partial charge in [-0.25, -0.2) is 0 Å². The summed E-state index contributed by atoms with van der Waals surface area (Å²) in [4.78, 5) is 0. The van der Waals surface area contributed by atoms with Crippen LogP contribution in [0.2, 0.25) is 0 Å². The van der Waals surface area contributed by atoms with Crippen molar-refractivity contribution in [2.75, 3.05) is 6.54 Å². The van der Waals surface area contributed by atoms with Gasteiger partial charge in [0.1, 0.15) is 5.76 Å². The smallest absolute Gasteiger partial charge is 0.138 e. The van der Waals surface area contributed by atoms with Gasteiger partial charge in [0, 0.05) is 12.1 Å². The number of aromatic nitrogens is 1. The fourth-order valence-corrected chi connectivity index (χ4v) is 2.55. The lowest BCUT2D eigenvalue weighted by Crippen LogP contribution is -2.24. The molecule has 1 aromatic heterocycles. The molecule has 0 bridgehead atoms. The molecule has 0 atom stereocenters. The predicted octanol–water partition coefficient (Wildman–Crippen LogP) is 2.96. The van der Waals surface area contributed by atoms with Crippen LogP contribution in [0.1, 0.15) is 49.1 Å². The first-order valence-corrected chi connectivity index (χ1v) is 6.40. The van der Waals surface area contributed by atoms with E-state index in [4.69, 9.17) is 4.52 Å². The minimum absolute atomic E-state index is 0.884. The third-order valence-electron chi connectivity index (χ3n) is 3.64. The molecule has 0 spiro atoms. The molecule has 0 unspecified atom stereocenters. The van der Waals surface area contributed by atoms with Crippen LogP contribution < -0.4 is 5.32 Å². The molecule has 0 amide bonds. The van der Waals surface area contributed by atoms with Crippen molar-refractivity contribution in [3.05, 3.63) is 17.0 Å². The molecule has 3 nitrogen and oxygen atoms in total. The molecule has 1 aromatic rings. The van der Waals surface area contributed by atoms with Crippen LogP contribution >= 0.6 is 0 Å². The molecule has 2 rings (SSSR count). The van der Waals surface area contributed by atoms with Crippen molar-refractivity contribution in [2.45, 2.75) is 52.5 Å². The maximum atomic E-state index is 5.15. The molecule has 90 valence electrons. The van der Waals surface area contributed by atoms with E-state index >= 15 is 0 Å². The van der Waals surface area contributed by atoms with Gasteiger partial charge in [-0.2, -0.15) is 0 Å². The van der Waals surface area contributed by atoms with Crippen LogP contribution in [0.3, 0.4) is 0 Å². The zero-order valence-electron chi connectivity index (χ0n) is 10.4. The summed E-state index contributed by atoms with van der Waals surface area (Å²) in [5.41, 5.74) is 2.25. The van der Waals surface area contributed by atoms with Gasteiger partial charge in [0.15, 0.2) is 0 Å². The standard InChI is InChI=1S/C13H22N2O/c1-10-13(11(2)16-15-10)9-14-8-12-6-4-3-5-7-12/h12,14H,3-9H2,1-2H3. The molecule has 1 aliphatic carbocycles. The topological polar surface area (TPSA) is 38.1 Å². The zero-order valence-corrected chi connectivity index (χ0v) is 10.4. The van der Waals surface area contributed by atoms with Crippen molar-refractivity contribution >= 4 is 0 Å². The molecular formula is C13H22N2O. The maximum Gasteiger partial charge on any atom is 0.138 e. The largest absolute Gasteiger partial charge is 0.361 e. The maximum absolute atomic E-state index is 5.15. The molecule has 1 heterocycles. The predicted molar refractivity (Wildman–Crippen MR) is 64.3 cm³/mol. The van der Waals surface area contributed by atoms with Crippen molar-refractivity contribution < 1.29 is 4.52 Å². The van der Waals surface area contributed by atoms with Crippen LogP contribution in [-0.4, -0.2) is 11.7 Å². The van der Waals surface area contributed by atoms with E-state index in [9.17, 15) is 0 Å². The van der Waals surface area contributed by atoms with Gasteiger partial charge in [0.05, 0.1) is 5.69 Å². The second-order valence-corrected chi connectivity index (χ2v) is 4.94. The summed E-state index contributed by atoms with van der Waals surface area (Å²) in [6, 6.07) is 0. The van der Waals surface area contributed by atoms with Crippen LogP contribution in [-0.2, 0) is 6.54 Å². The Kier molecular flexibility index (Phi) is 3.99. The van der Waals surface area contributed by atoms with E-state index in [2.05, 4.69) is 10.5 Å². The van der Waals surface area contributed by atoms with Gasteiger partial charge in [0.2, 0.25) is 0 Å². The third-order valence-corrected chi connectivity index (χ3v) is 3.64. The molecule has 1 aliphatic rings. The quantitative estimate of drug-likeness (QED) is 0.851. The van der Waals surface area contributed by atoms with Crippen LogP contribution in [0.5, 0.6) is 0 Å². The van der Waals surface area contributed by atoms with E-state index in [0.29, 0.717) is 0 Å². The van der Waals surface area contributed by atoms with Crippen molar-refractivity contribution in [3.8, 4) is 0 Å². The Hall–Kier alpha value is -0.830. The molecule has 1 saturated carbocycles. The van der Waals surface area contributed by atoms with Gasteiger partial charge in [0.25, 0.3) is 0 Å². The van der Waals surface area contributed by atoms with Gasteiger partial charge in [-0.3, -0.25) is 0 Å². The van der Waals surface area contributed by atoms with E-state index < -0.39 is 0 Å². The first kappa shape index (κ1) is 11.6. The number of rotatable bonds is 4. The fraction of sp³-hybridized carbons (Fsp3) is 0.769. The Morgan fingerprint density at radius 3 is 2.62 bits per heavy atom. The summed E-state index contributed by atoms with van der Waals surface area (Å²) in [5, 5.41) is 7.51. The van der Waals surface area contributed by atoms with E-state index in [1.54, 1.807) is 0 Å². The van der Waals surface area contributed by atoms with Crippen LogP contribution in [0.4, 0.5) is 0 Å². The SMILES string of the molecule is Cc1noc(C)c1CNCC1CCCCC1. The van der Waals surface area contributed by atoms with Crippen LogP contribution in [0.15, 0.2) is 4.52 Å². The number of aryl methyl sites for hydroxylation is 2. The first-order valence-electron chi connectivity index (χ1n) is 6.40. The highest BCUT2D eigenvalue weighted by Gasteiger charge is 2.14. The minimum Gasteiger partial charge on any atom is -0.361 e. The number of hydrogen-bond acceptors (Lipinski definition) is 3. The number of nitrogens with zero attached hydrogens (tertiary/aromatic N) is 1. The van der Waals surface area contributed by atoms with Gasteiger partial charge >= 0.3 is 0 Å². The summed E-state index contributed by atoms with van der Waals surface area (Å²) >= 11 is 0. The van der Waals surface area contributed by atoms with E-state index in [1.165, 1.54) is 37.7 Å². The molecule has 3 heteroatoms. The molecule has 0 aliphatic heterocycles. The Morgan fingerprint density at radius 1 is 1.25 bits per heavy atom. The summed E-state index contributed by atoms with van der Waals surface area (Å²) in [5.74, 6) is 1.84. The minimum atomic E-state index is 0.884. The van der Waals surface area contributed by atoms with Crippen molar-refractivity contribution in [3.63, 3.8) is 0 Å². The summed E-state index contributed by atoms with van der Waals surface area (Å²) < 4.78 is 5.15. The van der Waals surface area contributed by atoms with Crippen LogP contribution in [0, 0.1) is 19.8 Å². The lowest BCUT2D eigenvalue weighted by Gasteiger charge is -2.21. The van der Waals surface area contributed by atoms with Gasteiger partial charge < -0.3 is 9.84 Å². The molecule has 1 fully saturated rings. The van der Waals surface area contributed by atoms with E-state index in [0.717, 1.165) is 30.5 Å². The third kappa shape index (κ3) is 2.85. The van der Waals surface area contributed by atoms with Crippen molar-refractivity contribution in [1.29, 1.82) is 0 Å². The van der Waals surface area contributed by atoms with Gasteiger partial charge in [-0.15, -0.1) is 0 Å². The Labute approximate surface area is 97.6 Å². The highest BCUT2D eigenvalue weighted by atomic mass is 16.5. The Morgan fingerprint density at radius 2 is 2.00 bits per heavy atom. The molecule has 16 heavy (non-hydrogen) atoms. The second-order valence-electron chi connectivity index (χ2n) is 4.94. The van der Waals surface area contributed by atoms with Crippen molar-refractivity contribution in [2.24, 2.45) is 5.92 Å². The Bertz CT molecular complexity index is 307. The second kappa shape index (κ2) is 5.48. The molecule has 1 N–H and O–H groups in total. The lowest BCUT2D eigenvalue weighted by atomic mass is 9.89. The summed E-state index contributed by atoms with van der Waals surface area (Å²) in [6.07, 6.45) is 7.05. The van der Waals surface area contributed by atoms with E-state index in [1.807, 2.05) is 13.8 Å². The molecule has 0 radical (unpaired) electrons. The summed E-state index contributed by atoms with van der Waals surface area (Å²) in [7, 11) is 0. The lowest BCUT2D eigenvalue weighted by molar-refractivity contribution is 0.341. The molecule has 0 aromatic carbocycles. The Balaban J connectivity index is 1.75. The fourth-order valence-electron chi connectivity index (χ4n) is 2.55. The number of nitrogens with one attached hydrogen (secondary N) is 1. The average Bonchev–Trinajstić information content (AvgIpc) is 2.62. The molecule has 0 saturated heterocycles. The normalized spacial score (nSPS) is 17.9. The highest BCUT2D eigenvalue weighted by molar-refractivity contribution is 5.20. The monoisotopic (exact) mass is 222 g/mol. The van der Waals surface area contributed by atoms with E-state index in [-0.39, 0.29) is 0 Å². The van der Waals surface area contributed by atoms with Crippen molar-refractivity contribution in [1.82, 2.24) is 10.5 Å². The molecular weight excluding hydrogens is 200 g/mol. The highest BCUT2D eigenvalue weighted by Crippen LogP contribution is 2.23. The zero-order chi connectivity index (χ0) is 11.4. The average molecular weight is 222 g/mol. The van der Waals surface area contributed by atoms with Crippen LogP contribution in [0.25, 0.3) is 0 Å². The van der Waals surface area contributed by atoms with Gasteiger partial charge in [-0.1, -0.05) is 24.4 Å².